The maximum Gasteiger partial charge on any atom is 0.137 e. The molecular weight excluding hydrogens is 446 g/mol. The summed E-state index contributed by atoms with van der Waals surface area (Å²) in [6.07, 6.45) is 1.91. The maximum absolute atomic E-state index is 6.36. The van der Waals surface area contributed by atoms with E-state index in [4.69, 9.17) is 20.9 Å². The van der Waals surface area contributed by atoms with Crippen molar-refractivity contribution in [3.63, 3.8) is 0 Å². The van der Waals surface area contributed by atoms with Gasteiger partial charge in [0.1, 0.15) is 23.0 Å². The average molecular weight is 474 g/mol. The molecule has 1 aromatic heterocycles. The van der Waals surface area contributed by atoms with Gasteiger partial charge in [-0.15, -0.1) is 0 Å². The van der Waals surface area contributed by atoms with Crippen molar-refractivity contribution in [3.8, 4) is 22.8 Å². The maximum atomic E-state index is 6.36. The van der Waals surface area contributed by atoms with Gasteiger partial charge in [0.15, 0.2) is 0 Å². The monoisotopic (exact) mass is 473 g/mol. The van der Waals surface area contributed by atoms with E-state index >= 15 is 0 Å². The highest BCUT2D eigenvalue weighted by Crippen LogP contribution is 2.28. The van der Waals surface area contributed by atoms with Crippen LogP contribution >= 0.6 is 11.6 Å². The summed E-state index contributed by atoms with van der Waals surface area (Å²) in [7, 11) is 0. The Bertz CT molecular complexity index is 1200. The number of aryl methyl sites for hydroxylation is 1. The Morgan fingerprint density at radius 1 is 0.824 bits per heavy atom. The van der Waals surface area contributed by atoms with E-state index in [0.29, 0.717) is 0 Å². The van der Waals surface area contributed by atoms with E-state index in [-0.39, 0.29) is 0 Å². The third-order valence-corrected chi connectivity index (χ3v) is 6.45. The molecule has 5 nitrogen and oxygen atoms in total. The second-order valence-electron chi connectivity index (χ2n) is 8.51. The Hall–Kier alpha value is -3.28. The standard InChI is InChI=1S/C28H28ClN3O2/c29-26-13-4-5-14-28(26)32-18-16-31(17-19-32)15-7-12-25-21-27(30-34-25)22-8-6-11-24(20-22)33-23-9-2-1-3-10-23/h1-6,8-11,13-14,20-21H,7,12,15-19H2. The summed E-state index contributed by atoms with van der Waals surface area (Å²) in [4.78, 5) is 4.88. The van der Waals surface area contributed by atoms with Gasteiger partial charge in [0.2, 0.25) is 0 Å². The summed E-state index contributed by atoms with van der Waals surface area (Å²) in [6, 6.07) is 27.8. The molecule has 0 aliphatic carbocycles. The Morgan fingerprint density at radius 2 is 1.59 bits per heavy atom. The van der Waals surface area contributed by atoms with Crippen LogP contribution < -0.4 is 9.64 Å². The molecule has 4 aromatic rings. The minimum absolute atomic E-state index is 0.782. The van der Waals surface area contributed by atoms with E-state index in [1.54, 1.807) is 0 Å². The minimum Gasteiger partial charge on any atom is -0.457 e. The van der Waals surface area contributed by atoms with Crippen LogP contribution in [0.1, 0.15) is 12.2 Å². The van der Waals surface area contributed by atoms with Crippen LogP contribution in [0.2, 0.25) is 5.02 Å². The molecule has 0 atom stereocenters. The van der Waals surface area contributed by atoms with Crippen LogP contribution in [0.25, 0.3) is 11.3 Å². The lowest BCUT2D eigenvalue weighted by Crippen LogP contribution is -2.46. The molecule has 0 bridgehead atoms. The van der Waals surface area contributed by atoms with Crippen molar-refractivity contribution >= 4 is 17.3 Å². The first-order chi connectivity index (χ1) is 16.7. The van der Waals surface area contributed by atoms with Crippen LogP contribution in [0, 0.1) is 0 Å². The smallest absolute Gasteiger partial charge is 0.137 e. The predicted octanol–water partition coefficient (Wildman–Crippen LogP) is 6.54. The quantitative estimate of drug-likeness (QED) is 0.290. The molecule has 0 saturated carbocycles. The van der Waals surface area contributed by atoms with Crippen molar-refractivity contribution in [1.82, 2.24) is 10.1 Å². The van der Waals surface area contributed by atoms with Crippen molar-refractivity contribution in [2.45, 2.75) is 12.8 Å². The highest BCUT2D eigenvalue weighted by Gasteiger charge is 2.18. The third-order valence-electron chi connectivity index (χ3n) is 6.13. The van der Waals surface area contributed by atoms with Crippen LogP contribution in [0.3, 0.4) is 0 Å². The lowest BCUT2D eigenvalue weighted by atomic mass is 10.1. The summed E-state index contributed by atoms with van der Waals surface area (Å²) >= 11 is 6.36. The van der Waals surface area contributed by atoms with Crippen molar-refractivity contribution in [2.75, 3.05) is 37.6 Å². The fourth-order valence-corrected chi connectivity index (χ4v) is 4.56. The van der Waals surface area contributed by atoms with Crippen molar-refractivity contribution in [3.05, 3.63) is 95.7 Å². The lowest BCUT2D eigenvalue weighted by molar-refractivity contribution is 0.251. The number of hydrogen-bond acceptors (Lipinski definition) is 5. The van der Waals surface area contributed by atoms with E-state index in [1.807, 2.05) is 78.9 Å². The Kier molecular flexibility index (Phi) is 7.13. The van der Waals surface area contributed by atoms with E-state index < -0.39 is 0 Å². The van der Waals surface area contributed by atoms with Crippen LogP contribution in [-0.4, -0.2) is 42.8 Å². The van der Waals surface area contributed by atoms with E-state index in [9.17, 15) is 0 Å². The number of nitrogens with zero attached hydrogens (tertiary/aromatic N) is 3. The number of benzene rings is 3. The van der Waals surface area contributed by atoms with Gasteiger partial charge in [0.25, 0.3) is 0 Å². The molecule has 6 heteroatoms. The molecule has 0 N–H and O–H groups in total. The number of piperazine rings is 1. The largest absolute Gasteiger partial charge is 0.457 e. The van der Waals surface area contributed by atoms with Gasteiger partial charge in [-0.25, -0.2) is 0 Å². The highest BCUT2D eigenvalue weighted by molar-refractivity contribution is 6.33. The van der Waals surface area contributed by atoms with Gasteiger partial charge in [0, 0.05) is 44.2 Å². The Labute approximate surface area is 205 Å². The van der Waals surface area contributed by atoms with E-state index in [2.05, 4.69) is 21.0 Å². The molecule has 3 aromatic carbocycles. The predicted molar refractivity (Wildman–Crippen MR) is 137 cm³/mol. The lowest BCUT2D eigenvalue weighted by Gasteiger charge is -2.36. The number of ether oxygens (including phenoxy) is 1. The summed E-state index contributed by atoms with van der Waals surface area (Å²) in [5, 5.41) is 5.12. The summed E-state index contributed by atoms with van der Waals surface area (Å²) in [6.45, 7) is 5.13. The molecule has 1 aliphatic heterocycles. The molecule has 1 fully saturated rings. The van der Waals surface area contributed by atoms with Gasteiger partial charge in [-0.3, -0.25) is 4.90 Å². The number of hydrogen-bond donors (Lipinski definition) is 0. The van der Waals surface area contributed by atoms with E-state index in [1.165, 1.54) is 0 Å². The van der Waals surface area contributed by atoms with Crippen LogP contribution in [-0.2, 0) is 6.42 Å². The summed E-state index contributed by atoms with van der Waals surface area (Å²) in [5.74, 6) is 2.51. The Morgan fingerprint density at radius 3 is 2.41 bits per heavy atom. The molecule has 5 rings (SSSR count). The summed E-state index contributed by atoms with van der Waals surface area (Å²) < 4.78 is 11.6. The number of aromatic nitrogens is 1. The topological polar surface area (TPSA) is 41.7 Å². The molecule has 1 saturated heterocycles. The zero-order valence-corrected chi connectivity index (χ0v) is 19.8. The summed E-state index contributed by atoms with van der Waals surface area (Å²) in [5.41, 5.74) is 2.96. The van der Waals surface area contributed by atoms with Crippen LogP contribution in [0.15, 0.2) is 89.5 Å². The second kappa shape index (κ2) is 10.8. The highest BCUT2D eigenvalue weighted by atomic mass is 35.5. The molecule has 2 heterocycles. The Balaban J connectivity index is 1.11. The fraction of sp³-hybridized carbons (Fsp3) is 0.250. The van der Waals surface area contributed by atoms with Gasteiger partial charge in [-0.1, -0.05) is 59.2 Å². The molecule has 0 spiro atoms. The molecule has 0 unspecified atom stereocenters. The van der Waals surface area contributed by atoms with Gasteiger partial charge in [0.05, 0.1) is 10.7 Å². The van der Waals surface area contributed by atoms with Crippen LogP contribution in [0.5, 0.6) is 11.5 Å². The molecule has 0 amide bonds. The second-order valence-corrected chi connectivity index (χ2v) is 8.91. The number of halogens is 1. The minimum atomic E-state index is 0.782. The zero-order chi connectivity index (χ0) is 23.2. The molecule has 34 heavy (non-hydrogen) atoms. The first kappa shape index (κ1) is 22.5. The van der Waals surface area contributed by atoms with Crippen molar-refractivity contribution < 1.29 is 9.26 Å². The van der Waals surface area contributed by atoms with Crippen molar-refractivity contribution in [1.29, 1.82) is 0 Å². The zero-order valence-electron chi connectivity index (χ0n) is 19.1. The molecular formula is C28H28ClN3O2. The molecule has 174 valence electrons. The number of para-hydroxylation sites is 2. The molecule has 1 aliphatic rings. The fourth-order valence-electron chi connectivity index (χ4n) is 4.31. The first-order valence-electron chi connectivity index (χ1n) is 11.8. The van der Waals surface area contributed by atoms with Crippen LogP contribution in [0.4, 0.5) is 5.69 Å². The van der Waals surface area contributed by atoms with Gasteiger partial charge in [-0.05, 0) is 49.4 Å². The normalized spacial score (nSPS) is 14.3. The van der Waals surface area contributed by atoms with Gasteiger partial charge >= 0.3 is 0 Å². The van der Waals surface area contributed by atoms with Crippen molar-refractivity contribution in [2.24, 2.45) is 0 Å². The van der Waals surface area contributed by atoms with Gasteiger partial charge < -0.3 is 14.2 Å². The SMILES string of the molecule is Clc1ccccc1N1CCN(CCCc2cc(-c3cccc(Oc4ccccc4)c3)no2)CC1. The van der Waals surface area contributed by atoms with Gasteiger partial charge in [-0.2, -0.15) is 0 Å². The van der Waals surface area contributed by atoms with E-state index in [0.717, 1.165) is 84.8 Å². The first-order valence-corrected chi connectivity index (χ1v) is 12.1. The molecule has 0 radical (unpaired) electrons. The average Bonchev–Trinajstić information content (AvgIpc) is 3.35. The third kappa shape index (κ3) is 5.61. The number of anilines is 1. The number of rotatable bonds is 8.